The first kappa shape index (κ1) is 14.6. The molecule has 0 unspecified atom stereocenters. The largest absolute Gasteiger partial charge is 0.477 e. The summed E-state index contributed by atoms with van der Waals surface area (Å²) in [5, 5.41) is 8.17. The molecule has 0 atom stereocenters. The van der Waals surface area contributed by atoms with Crippen molar-refractivity contribution in [1.29, 1.82) is 0 Å². The minimum Gasteiger partial charge on any atom is -0.477 e. The molecule has 1 aromatic heterocycles. The fourth-order valence-electron chi connectivity index (χ4n) is 1.34. The van der Waals surface area contributed by atoms with Crippen LogP contribution in [0.2, 0.25) is 5.15 Å². The van der Waals surface area contributed by atoms with E-state index in [1.807, 2.05) is 0 Å². The molecular weight excluding hydrogens is 319 g/mol. The van der Waals surface area contributed by atoms with E-state index in [9.17, 15) is 18.0 Å². The number of thiazole rings is 1. The molecule has 0 fully saturated rings. The van der Waals surface area contributed by atoms with Crippen molar-refractivity contribution in [3.63, 3.8) is 0 Å². The summed E-state index contributed by atoms with van der Waals surface area (Å²) in [5.74, 6) is -1.80. The van der Waals surface area contributed by atoms with Crippen molar-refractivity contribution in [2.45, 2.75) is 6.18 Å². The van der Waals surface area contributed by atoms with E-state index in [0.717, 1.165) is 12.1 Å². The summed E-state index contributed by atoms with van der Waals surface area (Å²) in [6.45, 7) is 0. The molecule has 2 aromatic rings. The smallest absolute Gasteiger partial charge is 0.419 e. The van der Waals surface area contributed by atoms with Gasteiger partial charge in [0.2, 0.25) is 0 Å². The third-order valence-corrected chi connectivity index (χ3v) is 3.46. The lowest BCUT2D eigenvalue weighted by Crippen LogP contribution is -2.06. The van der Waals surface area contributed by atoms with Crippen molar-refractivity contribution < 1.29 is 27.8 Å². The number of ether oxygens (including phenoxy) is 1. The molecule has 0 bridgehead atoms. The van der Waals surface area contributed by atoms with E-state index in [2.05, 4.69) is 4.98 Å². The lowest BCUT2D eigenvalue weighted by molar-refractivity contribution is -0.138. The van der Waals surface area contributed by atoms with Crippen molar-refractivity contribution in [3.05, 3.63) is 39.9 Å². The van der Waals surface area contributed by atoms with Crippen molar-refractivity contribution in [2.24, 2.45) is 0 Å². The van der Waals surface area contributed by atoms with Crippen molar-refractivity contribution in [3.8, 4) is 10.9 Å². The SMILES string of the molecule is O=C(O)c1sc(Oc2ccccc2C(F)(F)F)nc1Cl. The Hall–Kier alpha value is -1.80. The van der Waals surface area contributed by atoms with E-state index in [1.54, 1.807) is 0 Å². The van der Waals surface area contributed by atoms with E-state index in [1.165, 1.54) is 12.1 Å². The molecule has 0 amide bonds. The maximum absolute atomic E-state index is 12.7. The van der Waals surface area contributed by atoms with Crippen LogP contribution in [-0.4, -0.2) is 16.1 Å². The number of carboxylic acid groups (broad SMARTS) is 1. The Kier molecular flexibility index (Phi) is 3.87. The highest BCUT2D eigenvalue weighted by Gasteiger charge is 2.34. The second-order valence-electron chi connectivity index (χ2n) is 3.50. The predicted molar refractivity (Wildman–Crippen MR) is 65.6 cm³/mol. The first-order valence-corrected chi connectivity index (χ1v) is 6.22. The fourth-order valence-corrected chi connectivity index (χ4v) is 2.33. The fraction of sp³-hybridized carbons (Fsp3) is 0.0909. The van der Waals surface area contributed by atoms with Gasteiger partial charge in [-0.1, -0.05) is 35.1 Å². The van der Waals surface area contributed by atoms with Crippen molar-refractivity contribution >= 4 is 28.9 Å². The third-order valence-electron chi connectivity index (χ3n) is 2.15. The zero-order chi connectivity index (χ0) is 14.9. The van der Waals surface area contributed by atoms with Crippen LogP contribution in [-0.2, 0) is 6.18 Å². The van der Waals surface area contributed by atoms with Gasteiger partial charge in [-0.05, 0) is 12.1 Å². The first-order chi connectivity index (χ1) is 9.29. The molecule has 1 N–H and O–H groups in total. The van der Waals surface area contributed by atoms with Crippen LogP contribution in [0.25, 0.3) is 0 Å². The van der Waals surface area contributed by atoms with Crippen LogP contribution in [0.4, 0.5) is 13.2 Å². The Morgan fingerprint density at radius 1 is 1.35 bits per heavy atom. The molecular formula is C11H5ClF3NO3S. The van der Waals surface area contributed by atoms with Gasteiger partial charge < -0.3 is 9.84 Å². The Morgan fingerprint density at radius 3 is 2.55 bits per heavy atom. The Bertz CT molecular complexity index is 657. The van der Waals surface area contributed by atoms with Crippen LogP contribution in [0.1, 0.15) is 15.2 Å². The van der Waals surface area contributed by atoms with Gasteiger partial charge in [-0.15, -0.1) is 0 Å². The maximum atomic E-state index is 12.7. The Labute approximate surface area is 119 Å². The molecule has 9 heteroatoms. The van der Waals surface area contributed by atoms with Crippen LogP contribution in [0.3, 0.4) is 0 Å². The highest BCUT2D eigenvalue weighted by atomic mass is 35.5. The second kappa shape index (κ2) is 5.29. The maximum Gasteiger partial charge on any atom is 0.419 e. The number of hydrogen-bond acceptors (Lipinski definition) is 4. The number of carbonyl (C=O) groups is 1. The number of halogens is 4. The van der Waals surface area contributed by atoms with E-state index in [-0.39, 0.29) is 15.2 Å². The zero-order valence-electron chi connectivity index (χ0n) is 9.44. The Morgan fingerprint density at radius 2 is 2.00 bits per heavy atom. The molecule has 1 aromatic carbocycles. The van der Waals surface area contributed by atoms with Gasteiger partial charge in [0.25, 0.3) is 5.19 Å². The van der Waals surface area contributed by atoms with Gasteiger partial charge in [-0.3, -0.25) is 0 Å². The summed E-state index contributed by atoms with van der Waals surface area (Å²) in [4.78, 5) is 14.0. The normalized spacial score (nSPS) is 11.4. The van der Waals surface area contributed by atoms with E-state index in [4.69, 9.17) is 21.4 Å². The van der Waals surface area contributed by atoms with Crippen molar-refractivity contribution in [1.82, 2.24) is 4.98 Å². The number of aromatic carboxylic acids is 1. The van der Waals surface area contributed by atoms with E-state index in [0.29, 0.717) is 11.3 Å². The number of benzene rings is 1. The lowest BCUT2D eigenvalue weighted by atomic mass is 10.2. The third kappa shape index (κ3) is 3.02. The molecule has 4 nitrogen and oxygen atoms in total. The summed E-state index contributed by atoms with van der Waals surface area (Å²) in [5.41, 5.74) is -0.983. The number of nitrogens with zero attached hydrogens (tertiary/aromatic N) is 1. The van der Waals surface area contributed by atoms with Crippen LogP contribution in [0.5, 0.6) is 10.9 Å². The van der Waals surface area contributed by atoms with E-state index >= 15 is 0 Å². The highest BCUT2D eigenvalue weighted by Crippen LogP contribution is 2.39. The second-order valence-corrected chi connectivity index (χ2v) is 4.82. The number of rotatable bonds is 3. The number of hydrogen-bond donors (Lipinski definition) is 1. The summed E-state index contributed by atoms with van der Waals surface area (Å²) in [6, 6.07) is 4.53. The minimum atomic E-state index is -4.59. The molecule has 0 spiro atoms. The molecule has 0 saturated heterocycles. The standard InChI is InChI=1S/C11H5ClF3NO3S/c12-8-7(9(17)18)20-10(16-8)19-6-4-2-1-3-5(6)11(13,14)15/h1-4H,(H,17,18). The molecule has 20 heavy (non-hydrogen) atoms. The van der Waals surface area contributed by atoms with Gasteiger partial charge in [0.1, 0.15) is 5.75 Å². The molecule has 0 aliphatic carbocycles. The number of carboxylic acids is 1. The molecule has 0 aliphatic rings. The predicted octanol–water partition coefficient (Wildman–Crippen LogP) is 4.31. The quantitative estimate of drug-likeness (QED) is 0.914. The molecule has 2 rings (SSSR count). The van der Waals surface area contributed by atoms with Crippen LogP contribution >= 0.6 is 22.9 Å². The van der Waals surface area contributed by atoms with Crippen molar-refractivity contribution in [2.75, 3.05) is 0 Å². The van der Waals surface area contributed by atoms with Gasteiger partial charge in [0, 0.05) is 0 Å². The summed E-state index contributed by atoms with van der Waals surface area (Å²) in [7, 11) is 0. The van der Waals surface area contributed by atoms with Gasteiger partial charge in [-0.25, -0.2) is 4.79 Å². The molecule has 0 saturated carbocycles. The average Bonchev–Trinajstić information content (AvgIpc) is 2.69. The van der Waals surface area contributed by atoms with Crippen LogP contribution in [0, 0.1) is 0 Å². The average molecular weight is 324 g/mol. The first-order valence-electron chi connectivity index (χ1n) is 5.02. The summed E-state index contributed by atoms with van der Waals surface area (Å²) in [6.07, 6.45) is -4.59. The topological polar surface area (TPSA) is 59.4 Å². The van der Waals surface area contributed by atoms with Gasteiger partial charge in [-0.2, -0.15) is 18.2 Å². The summed E-state index contributed by atoms with van der Waals surface area (Å²) < 4.78 is 43.2. The van der Waals surface area contributed by atoms with Crippen LogP contribution < -0.4 is 4.74 Å². The lowest BCUT2D eigenvalue weighted by Gasteiger charge is -2.11. The van der Waals surface area contributed by atoms with Crippen LogP contribution in [0.15, 0.2) is 24.3 Å². The number of aromatic nitrogens is 1. The monoisotopic (exact) mass is 323 g/mol. The molecule has 1 heterocycles. The minimum absolute atomic E-state index is 0.274. The van der Waals surface area contributed by atoms with E-state index < -0.39 is 23.5 Å². The summed E-state index contributed by atoms with van der Waals surface area (Å²) >= 11 is 6.10. The molecule has 0 radical (unpaired) electrons. The number of para-hydroxylation sites is 1. The van der Waals surface area contributed by atoms with Gasteiger partial charge in [0.15, 0.2) is 10.0 Å². The van der Waals surface area contributed by atoms with Gasteiger partial charge >= 0.3 is 12.1 Å². The number of alkyl halides is 3. The van der Waals surface area contributed by atoms with Gasteiger partial charge in [0.05, 0.1) is 5.56 Å². The molecule has 106 valence electrons. The Balaban J connectivity index is 2.36. The zero-order valence-corrected chi connectivity index (χ0v) is 11.0. The molecule has 0 aliphatic heterocycles. The highest BCUT2D eigenvalue weighted by molar-refractivity contribution is 7.15.